The van der Waals surface area contributed by atoms with Crippen LogP contribution in [0.2, 0.25) is 0 Å². The van der Waals surface area contributed by atoms with Gasteiger partial charge in [0, 0.05) is 61.1 Å². The molecule has 4 heterocycles. The summed E-state index contributed by atoms with van der Waals surface area (Å²) in [5.74, 6) is 1.23. The molecule has 0 saturated heterocycles. The van der Waals surface area contributed by atoms with Gasteiger partial charge in [-0.25, -0.2) is 15.0 Å². The van der Waals surface area contributed by atoms with E-state index in [1.807, 2.05) is 161 Å². The summed E-state index contributed by atoms with van der Waals surface area (Å²) in [6.07, 6.45) is -7.49. The van der Waals surface area contributed by atoms with Gasteiger partial charge < -0.3 is 9.13 Å². The maximum Gasteiger partial charge on any atom is 0.416 e. The predicted octanol–water partition coefficient (Wildman–Crippen LogP) is 15.8. The Morgan fingerprint density at radius 1 is 0.343 bits per heavy atom. The van der Waals surface area contributed by atoms with Gasteiger partial charge in [-0.1, -0.05) is 115 Å². The van der Waals surface area contributed by atoms with Gasteiger partial charge >= 0.3 is 12.4 Å². The largest absolute Gasteiger partial charge is 0.416 e. The highest BCUT2D eigenvalue weighted by Gasteiger charge is 2.33. The second-order valence-corrected chi connectivity index (χ2v) is 16.8. The van der Waals surface area contributed by atoms with E-state index in [4.69, 9.17) is 19.9 Å². The number of nitrogens with zero attached hydrogens (tertiary/aromatic N) is 6. The molecule has 0 fully saturated rings. The van der Waals surface area contributed by atoms with Crippen LogP contribution in [0.3, 0.4) is 0 Å². The first kappa shape index (κ1) is 42.5. The van der Waals surface area contributed by atoms with E-state index in [-0.39, 0.29) is 0 Å². The Bertz CT molecular complexity index is 3920. The molecule has 0 amide bonds. The van der Waals surface area contributed by atoms with E-state index < -0.39 is 23.5 Å². The van der Waals surface area contributed by atoms with Gasteiger partial charge in [0.2, 0.25) is 0 Å². The molecule has 12 aromatic rings. The second-order valence-electron chi connectivity index (χ2n) is 16.8. The van der Waals surface area contributed by atoms with E-state index in [2.05, 4.69) is 0 Å². The Morgan fingerprint density at radius 2 is 0.829 bits per heavy atom. The van der Waals surface area contributed by atoms with Crippen LogP contribution in [0.5, 0.6) is 0 Å². The SMILES string of the molecule is FC(F)(F)c1ccc2c(c1)c1ccccc1n2-c1ccc(-c2nc(-c3ccccc3)nc(-c3ccccc3)n2)cc1-c1c(-c2ccccn2)cccc1-n1c2ccccc2c2cc(C(F)(F)F)ccc21. The smallest absolute Gasteiger partial charge is 0.309 e. The highest BCUT2D eigenvalue weighted by Crippen LogP contribution is 2.47. The van der Waals surface area contributed by atoms with E-state index >= 15 is 0 Å². The Labute approximate surface area is 395 Å². The molecule has 12 heteroatoms. The quantitative estimate of drug-likeness (QED) is 0.149. The van der Waals surface area contributed by atoms with Crippen molar-refractivity contribution in [3.05, 3.63) is 218 Å². The number of halogens is 6. The van der Waals surface area contributed by atoms with Gasteiger partial charge in [-0.15, -0.1) is 0 Å². The number of benzene rings is 8. The molecule has 0 spiro atoms. The minimum atomic E-state index is -4.59. The summed E-state index contributed by atoms with van der Waals surface area (Å²) in [6.45, 7) is 0. The molecule has 0 N–H and O–H groups in total. The standard InChI is InChI=1S/C58H34F6N6/c59-57(60,61)38-26-29-49-43(33-38)40-18-7-9-22-47(40)69(49)51-28-25-37(56-67-54(35-14-3-1-4-15-35)66-55(68-56)36-16-5-2-6-17-36)32-45(51)53-42(46-21-11-12-31-65-46)20-13-24-52(53)70-48-23-10-8-19-41(48)44-34-39(58(62,63)64)27-30-50(44)70/h1-34H. The summed E-state index contributed by atoms with van der Waals surface area (Å²) in [5, 5.41) is 2.03. The van der Waals surface area contributed by atoms with Crippen LogP contribution in [0.1, 0.15) is 11.1 Å². The van der Waals surface area contributed by atoms with Gasteiger partial charge in [0.25, 0.3) is 0 Å². The van der Waals surface area contributed by atoms with Gasteiger partial charge in [0.1, 0.15) is 0 Å². The van der Waals surface area contributed by atoms with E-state index in [0.717, 1.165) is 23.3 Å². The molecule has 0 aliphatic rings. The summed E-state index contributed by atoms with van der Waals surface area (Å²) in [6, 6.07) is 58.5. The number of aromatic nitrogens is 6. The van der Waals surface area contributed by atoms with E-state index in [1.165, 1.54) is 24.3 Å². The van der Waals surface area contributed by atoms with Crippen molar-refractivity contribution in [3.63, 3.8) is 0 Å². The van der Waals surface area contributed by atoms with E-state index in [9.17, 15) is 26.3 Å². The normalized spacial score (nSPS) is 12.1. The van der Waals surface area contributed by atoms with Crippen molar-refractivity contribution in [1.29, 1.82) is 0 Å². The fourth-order valence-electron chi connectivity index (χ4n) is 9.57. The van der Waals surface area contributed by atoms with Gasteiger partial charge in [-0.05, 0) is 84.9 Å². The predicted molar refractivity (Wildman–Crippen MR) is 263 cm³/mol. The molecule has 0 unspecified atom stereocenters. The lowest BCUT2D eigenvalue weighted by Gasteiger charge is -2.22. The monoisotopic (exact) mass is 928 g/mol. The lowest BCUT2D eigenvalue weighted by Crippen LogP contribution is -2.06. The van der Waals surface area contributed by atoms with Gasteiger partial charge in [0.15, 0.2) is 17.5 Å². The number of pyridine rings is 1. The van der Waals surface area contributed by atoms with Crippen LogP contribution in [0, 0.1) is 0 Å². The molecular formula is C58H34F6N6. The van der Waals surface area contributed by atoms with Crippen molar-refractivity contribution in [2.75, 3.05) is 0 Å². The third-order valence-corrected chi connectivity index (χ3v) is 12.7. The third kappa shape index (κ3) is 7.23. The zero-order valence-electron chi connectivity index (χ0n) is 36.6. The van der Waals surface area contributed by atoms with Gasteiger partial charge in [-0.3, -0.25) is 4.98 Å². The molecule has 12 rings (SSSR count). The highest BCUT2D eigenvalue weighted by atomic mass is 19.4. The van der Waals surface area contributed by atoms with Crippen LogP contribution in [0.25, 0.3) is 112 Å². The lowest BCUT2D eigenvalue weighted by atomic mass is 9.92. The first-order chi connectivity index (χ1) is 34.0. The molecule has 8 aromatic carbocycles. The molecule has 0 atom stereocenters. The Balaban J connectivity index is 1.22. The first-order valence-corrected chi connectivity index (χ1v) is 22.3. The zero-order valence-corrected chi connectivity index (χ0v) is 36.6. The summed E-state index contributed by atoms with van der Waals surface area (Å²) < 4.78 is 90.3. The number of fused-ring (bicyclic) bond motifs is 6. The van der Waals surface area contributed by atoms with Crippen LogP contribution in [0.15, 0.2) is 206 Å². The Hall–Kier alpha value is -8.90. The number of alkyl halides is 6. The molecule has 338 valence electrons. The fraction of sp³-hybridized carbons (Fsp3) is 0.0345. The minimum Gasteiger partial charge on any atom is -0.309 e. The van der Waals surface area contributed by atoms with Crippen molar-refractivity contribution in [2.24, 2.45) is 0 Å². The second kappa shape index (κ2) is 16.4. The molecule has 0 radical (unpaired) electrons. The van der Waals surface area contributed by atoms with Crippen LogP contribution >= 0.6 is 0 Å². The fourth-order valence-corrected chi connectivity index (χ4v) is 9.57. The third-order valence-electron chi connectivity index (χ3n) is 12.7. The number of para-hydroxylation sites is 2. The zero-order chi connectivity index (χ0) is 47.7. The van der Waals surface area contributed by atoms with Crippen LogP contribution in [0.4, 0.5) is 26.3 Å². The maximum absolute atomic E-state index is 14.4. The van der Waals surface area contributed by atoms with E-state index in [0.29, 0.717) is 100 Å². The van der Waals surface area contributed by atoms with Crippen molar-refractivity contribution in [3.8, 4) is 67.9 Å². The molecule has 0 aliphatic heterocycles. The summed E-state index contributed by atoms with van der Waals surface area (Å²) in [4.78, 5) is 19.9. The Morgan fingerprint density at radius 3 is 1.36 bits per heavy atom. The van der Waals surface area contributed by atoms with Crippen LogP contribution in [-0.4, -0.2) is 29.1 Å². The lowest BCUT2D eigenvalue weighted by molar-refractivity contribution is -0.138. The summed E-state index contributed by atoms with van der Waals surface area (Å²) in [7, 11) is 0. The van der Waals surface area contributed by atoms with Crippen LogP contribution in [-0.2, 0) is 12.4 Å². The topological polar surface area (TPSA) is 61.4 Å². The van der Waals surface area contributed by atoms with Crippen molar-refractivity contribution in [2.45, 2.75) is 12.4 Å². The van der Waals surface area contributed by atoms with Crippen molar-refractivity contribution in [1.82, 2.24) is 29.1 Å². The number of rotatable bonds is 7. The van der Waals surface area contributed by atoms with Gasteiger partial charge in [-0.2, -0.15) is 26.3 Å². The summed E-state index contributed by atoms with van der Waals surface area (Å²) >= 11 is 0. The molecular weight excluding hydrogens is 895 g/mol. The van der Waals surface area contributed by atoms with E-state index in [1.54, 1.807) is 18.3 Å². The molecule has 0 aliphatic carbocycles. The van der Waals surface area contributed by atoms with Crippen molar-refractivity contribution < 1.29 is 26.3 Å². The van der Waals surface area contributed by atoms with Crippen LogP contribution < -0.4 is 0 Å². The first-order valence-electron chi connectivity index (χ1n) is 22.3. The number of hydrogen-bond donors (Lipinski definition) is 0. The highest BCUT2D eigenvalue weighted by molar-refractivity contribution is 6.12. The molecule has 0 saturated carbocycles. The average Bonchev–Trinajstić information content (AvgIpc) is 3.90. The molecule has 0 bridgehead atoms. The average molecular weight is 929 g/mol. The maximum atomic E-state index is 14.4. The Kier molecular flexibility index (Phi) is 9.95. The molecule has 70 heavy (non-hydrogen) atoms. The molecule has 6 nitrogen and oxygen atoms in total. The molecule has 4 aromatic heterocycles. The number of hydrogen-bond acceptors (Lipinski definition) is 4. The van der Waals surface area contributed by atoms with Crippen molar-refractivity contribution >= 4 is 43.6 Å². The minimum absolute atomic E-state index is 0.353. The van der Waals surface area contributed by atoms with Gasteiger partial charge in [0.05, 0.1) is 50.3 Å². The summed E-state index contributed by atoms with van der Waals surface area (Å²) in [5.41, 5.74) is 6.67.